The number of hydrogen-bond acceptors (Lipinski definition) is 4. The van der Waals surface area contributed by atoms with Crippen molar-refractivity contribution >= 4 is 80.0 Å². The van der Waals surface area contributed by atoms with Crippen LogP contribution in [0.15, 0.2) is 212 Å². The second-order valence-corrected chi connectivity index (χ2v) is 18.9. The van der Waals surface area contributed by atoms with Crippen LogP contribution in [0, 0.1) is 6.92 Å². The number of anilines is 10. The van der Waals surface area contributed by atoms with E-state index in [-0.39, 0.29) is 12.1 Å². The van der Waals surface area contributed by atoms with Crippen LogP contribution in [0.4, 0.5) is 56.9 Å². The molecule has 0 amide bonds. The van der Waals surface area contributed by atoms with Gasteiger partial charge in [-0.15, -0.1) is 0 Å². The summed E-state index contributed by atoms with van der Waals surface area (Å²) in [7, 11) is 0. The van der Waals surface area contributed by atoms with Gasteiger partial charge in [0.25, 0.3) is 6.71 Å². The van der Waals surface area contributed by atoms with E-state index in [0.29, 0.717) is 0 Å². The lowest BCUT2D eigenvalue weighted by atomic mass is 9.28. The number of para-hydroxylation sites is 3. The number of nitrogens with zero attached hydrogens (tertiary/aromatic N) is 3. The van der Waals surface area contributed by atoms with E-state index >= 15 is 0 Å². The van der Waals surface area contributed by atoms with Crippen molar-refractivity contribution in [1.82, 2.24) is 0 Å². The van der Waals surface area contributed by atoms with Crippen LogP contribution in [0.5, 0.6) is 0 Å². The summed E-state index contributed by atoms with van der Waals surface area (Å²) in [5.41, 5.74) is 28.7. The summed E-state index contributed by atoms with van der Waals surface area (Å²) < 4.78 is 0. The van der Waals surface area contributed by atoms with Gasteiger partial charge in [-0.05, 0) is 141 Å². The first-order valence-electron chi connectivity index (χ1n) is 22.8. The summed E-state index contributed by atoms with van der Waals surface area (Å²) >= 11 is 0. The second kappa shape index (κ2) is 14.7. The predicted octanol–water partition coefficient (Wildman–Crippen LogP) is 13.1. The van der Waals surface area contributed by atoms with Gasteiger partial charge in [-0.25, -0.2) is 0 Å². The molecule has 0 radical (unpaired) electrons. The quantitative estimate of drug-likeness (QED) is 0.128. The normalized spacial score (nSPS) is 13.9. The molecule has 4 nitrogen and oxygen atoms in total. The van der Waals surface area contributed by atoms with Crippen LogP contribution < -0.4 is 36.8 Å². The van der Waals surface area contributed by atoms with Gasteiger partial charge in [0.15, 0.2) is 0 Å². The van der Waals surface area contributed by atoms with Crippen LogP contribution in [-0.2, 0) is 10.8 Å². The average molecular weight is 837 g/mol. The molecule has 0 saturated heterocycles. The van der Waals surface area contributed by atoms with E-state index in [1.54, 1.807) is 0 Å². The van der Waals surface area contributed by atoms with Gasteiger partial charge >= 0.3 is 0 Å². The van der Waals surface area contributed by atoms with Crippen molar-refractivity contribution < 1.29 is 0 Å². The Kier molecular flexibility index (Phi) is 8.76. The smallest absolute Gasteiger partial charge is 0.253 e. The highest BCUT2D eigenvalue weighted by atomic mass is 15.2. The van der Waals surface area contributed by atoms with E-state index in [4.69, 9.17) is 5.73 Å². The lowest BCUT2D eigenvalue weighted by molar-refractivity contribution is 0.590. The lowest BCUT2D eigenvalue weighted by Gasteiger charge is -2.52. The van der Waals surface area contributed by atoms with Gasteiger partial charge in [-0.1, -0.05) is 154 Å². The van der Waals surface area contributed by atoms with Crippen LogP contribution in [-0.4, -0.2) is 6.71 Å². The molecule has 0 atom stereocenters. The van der Waals surface area contributed by atoms with E-state index in [1.165, 1.54) is 55.5 Å². The summed E-state index contributed by atoms with van der Waals surface area (Å²) in [5.74, 6) is 0. The monoisotopic (exact) mass is 836 g/mol. The van der Waals surface area contributed by atoms with Crippen molar-refractivity contribution in [3.8, 4) is 0 Å². The summed E-state index contributed by atoms with van der Waals surface area (Å²) in [6.07, 6.45) is 0. The van der Waals surface area contributed by atoms with Crippen LogP contribution in [0.25, 0.3) is 0 Å². The molecule has 5 heteroatoms. The van der Waals surface area contributed by atoms with Gasteiger partial charge in [0.1, 0.15) is 0 Å². The van der Waals surface area contributed by atoms with E-state index in [9.17, 15) is 0 Å². The molecule has 0 spiro atoms. The summed E-state index contributed by atoms with van der Waals surface area (Å²) in [5, 5.41) is 0. The Bertz CT molecular complexity index is 3090. The molecule has 0 aliphatic carbocycles. The number of nitrogen functional groups attached to an aromatic ring is 1. The van der Waals surface area contributed by atoms with E-state index in [2.05, 4.69) is 255 Å². The summed E-state index contributed by atoms with van der Waals surface area (Å²) in [6.45, 7) is 9.00. The zero-order chi connectivity index (χ0) is 44.0. The topological polar surface area (TPSA) is 35.7 Å². The fourth-order valence-corrected chi connectivity index (χ4v) is 11.3. The standard InChI is InChI=1S/C60H49BN4/c1-40-34-50-56-52(35-40)64(46-26-16-8-17-27-46)54-38-49(63(45-24-14-7-15-25-45)48-32-30-41(31-33-48)59(2,3)4)39-55-58(54)61(56)57-51(36-44(62)37-53(57)65(55)47-28-18-9-19-29-47)60(50,42-20-10-5-11-21-42)43-22-12-6-13-23-43/h5-39H,62H2,1-4H3. The van der Waals surface area contributed by atoms with Gasteiger partial charge < -0.3 is 20.4 Å². The van der Waals surface area contributed by atoms with Crippen molar-refractivity contribution in [2.24, 2.45) is 0 Å². The first-order chi connectivity index (χ1) is 31.7. The Morgan fingerprint density at radius 3 is 1.38 bits per heavy atom. The Labute approximate surface area is 383 Å². The molecule has 0 bridgehead atoms. The molecule has 0 fully saturated rings. The number of aryl methyl sites for hydroxylation is 1. The van der Waals surface area contributed by atoms with Crippen molar-refractivity contribution in [3.63, 3.8) is 0 Å². The first-order valence-corrected chi connectivity index (χ1v) is 22.8. The predicted molar refractivity (Wildman–Crippen MR) is 275 cm³/mol. The van der Waals surface area contributed by atoms with Crippen molar-refractivity contribution in [1.29, 1.82) is 0 Å². The number of hydrogen-bond donors (Lipinski definition) is 1. The highest BCUT2D eigenvalue weighted by Gasteiger charge is 2.55. The van der Waals surface area contributed by atoms with Gasteiger partial charge in [-0.3, -0.25) is 0 Å². The second-order valence-electron chi connectivity index (χ2n) is 18.9. The van der Waals surface area contributed by atoms with Crippen LogP contribution in [0.3, 0.4) is 0 Å². The molecule has 12 rings (SSSR count). The zero-order valence-electron chi connectivity index (χ0n) is 37.2. The number of benzene rings is 9. The van der Waals surface area contributed by atoms with E-state index < -0.39 is 5.41 Å². The van der Waals surface area contributed by atoms with E-state index in [0.717, 1.165) is 51.2 Å². The highest BCUT2D eigenvalue weighted by molar-refractivity contribution is 7.01. The number of rotatable bonds is 7. The Balaban J connectivity index is 1.25. The minimum absolute atomic E-state index is 0.0234. The fourth-order valence-electron chi connectivity index (χ4n) is 11.3. The van der Waals surface area contributed by atoms with Gasteiger partial charge in [0.05, 0.1) is 11.1 Å². The molecule has 3 aliphatic heterocycles. The van der Waals surface area contributed by atoms with Crippen molar-refractivity contribution in [3.05, 3.63) is 246 Å². The molecule has 3 aliphatic rings. The Morgan fingerprint density at radius 2 is 0.877 bits per heavy atom. The maximum Gasteiger partial charge on any atom is 0.253 e. The lowest BCUT2D eigenvalue weighted by Crippen LogP contribution is -2.68. The number of nitrogens with two attached hydrogens (primary N) is 1. The molecule has 9 aromatic carbocycles. The van der Waals surface area contributed by atoms with Gasteiger partial charge in [0, 0.05) is 51.2 Å². The fraction of sp³-hybridized carbons (Fsp3) is 0.100. The molecule has 0 saturated carbocycles. The molecule has 3 heterocycles. The maximum absolute atomic E-state index is 7.28. The van der Waals surface area contributed by atoms with Crippen LogP contribution in [0.2, 0.25) is 0 Å². The molecular formula is C60H49BN4. The van der Waals surface area contributed by atoms with Crippen LogP contribution >= 0.6 is 0 Å². The van der Waals surface area contributed by atoms with Crippen LogP contribution in [0.1, 0.15) is 54.2 Å². The Hall–Kier alpha value is -7.76. The largest absolute Gasteiger partial charge is 0.399 e. The third-order valence-corrected chi connectivity index (χ3v) is 13.9. The minimum Gasteiger partial charge on any atom is -0.399 e. The maximum atomic E-state index is 7.28. The van der Waals surface area contributed by atoms with E-state index in [1.807, 2.05) is 0 Å². The first kappa shape index (κ1) is 38.9. The highest BCUT2D eigenvalue weighted by Crippen LogP contribution is 2.55. The molecule has 0 aromatic heterocycles. The van der Waals surface area contributed by atoms with Crippen molar-refractivity contribution in [2.45, 2.75) is 38.5 Å². The SMILES string of the molecule is Cc1cc2c3c(c1)C(c1ccccc1)(c1ccccc1)c1cc(N)cc4c1B3c1c(cc(N(c3ccccc3)c3ccc(C(C)(C)C)cc3)cc1N4c1ccccc1)N2c1ccccc1. The third kappa shape index (κ3) is 5.85. The zero-order valence-corrected chi connectivity index (χ0v) is 37.2. The molecule has 65 heavy (non-hydrogen) atoms. The Morgan fingerprint density at radius 1 is 0.446 bits per heavy atom. The minimum atomic E-state index is -0.683. The third-order valence-electron chi connectivity index (χ3n) is 13.9. The molecule has 2 N–H and O–H groups in total. The molecule has 9 aromatic rings. The molecule has 0 unspecified atom stereocenters. The summed E-state index contributed by atoms with van der Waals surface area (Å²) in [4.78, 5) is 7.46. The van der Waals surface area contributed by atoms with Crippen molar-refractivity contribution in [2.75, 3.05) is 20.4 Å². The van der Waals surface area contributed by atoms with Gasteiger partial charge in [0.2, 0.25) is 0 Å². The van der Waals surface area contributed by atoms with Gasteiger partial charge in [-0.2, -0.15) is 0 Å². The molecular weight excluding hydrogens is 787 g/mol. The average Bonchev–Trinajstić information content (AvgIpc) is 3.33. The molecule has 312 valence electrons. The summed E-state index contributed by atoms with van der Waals surface area (Å²) in [6, 6.07) is 78.3.